The number of hydrogen-bond donors (Lipinski definition) is 1. The van der Waals surface area contributed by atoms with E-state index >= 15 is 0 Å². The summed E-state index contributed by atoms with van der Waals surface area (Å²) >= 11 is 0. The Balaban J connectivity index is 2.10. The van der Waals surface area contributed by atoms with E-state index in [0.29, 0.717) is 11.3 Å². The minimum absolute atomic E-state index is 0.144. The molecule has 0 amide bonds. The molecule has 0 spiro atoms. The molecule has 20 heavy (non-hydrogen) atoms. The Morgan fingerprint density at radius 3 is 2.65 bits per heavy atom. The second-order valence-electron chi connectivity index (χ2n) is 7.50. The molecule has 1 aromatic rings. The number of aliphatic hydroxyl groups excluding tert-OH is 1. The van der Waals surface area contributed by atoms with Crippen molar-refractivity contribution < 1.29 is 5.11 Å². The van der Waals surface area contributed by atoms with E-state index in [2.05, 4.69) is 43.5 Å². The van der Waals surface area contributed by atoms with Gasteiger partial charge in [-0.1, -0.05) is 20.8 Å². The molecule has 1 aliphatic carbocycles. The molecular weight excluding hydrogens is 248 g/mol. The third-order valence-corrected chi connectivity index (χ3v) is 4.92. The summed E-state index contributed by atoms with van der Waals surface area (Å²) in [6.45, 7) is 12.1. The number of aryl methyl sites for hydroxylation is 2. The van der Waals surface area contributed by atoms with Gasteiger partial charge in [0.25, 0.3) is 0 Å². The molecule has 3 unspecified atom stereocenters. The molecular formula is C17H30N2O. The lowest BCUT2D eigenvalue weighted by Gasteiger charge is -2.40. The molecule has 114 valence electrons. The van der Waals surface area contributed by atoms with E-state index in [1.807, 2.05) is 6.92 Å². The van der Waals surface area contributed by atoms with E-state index in [4.69, 9.17) is 0 Å². The van der Waals surface area contributed by atoms with Crippen LogP contribution in [0.5, 0.6) is 0 Å². The molecule has 1 fully saturated rings. The highest BCUT2D eigenvalue weighted by molar-refractivity contribution is 5.10. The maximum Gasteiger partial charge on any atom is 0.0596 e. The normalized spacial score (nSPS) is 27.8. The first kappa shape index (κ1) is 15.6. The largest absolute Gasteiger partial charge is 0.393 e. The summed E-state index contributed by atoms with van der Waals surface area (Å²) in [6.07, 6.45) is 4.06. The van der Waals surface area contributed by atoms with Gasteiger partial charge in [0.05, 0.1) is 11.8 Å². The predicted molar refractivity (Wildman–Crippen MR) is 82.6 cm³/mol. The predicted octanol–water partition coefficient (Wildman–Crippen LogP) is 3.58. The van der Waals surface area contributed by atoms with Crippen molar-refractivity contribution in [2.75, 3.05) is 0 Å². The lowest BCUT2D eigenvalue weighted by molar-refractivity contribution is 0.0188. The maximum absolute atomic E-state index is 10.4. The van der Waals surface area contributed by atoms with Crippen molar-refractivity contribution in [3.8, 4) is 0 Å². The number of aromatic nitrogens is 2. The number of hydrogen-bond acceptors (Lipinski definition) is 2. The zero-order valence-electron chi connectivity index (χ0n) is 13.7. The third-order valence-electron chi connectivity index (χ3n) is 4.92. The molecule has 0 bridgehead atoms. The molecule has 3 nitrogen and oxygen atoms in total. The summed E-state index contributed by atoms with van der Waals surface area (Å²) in [5.74, 6) is 1.10. The minimum Gasteiger partial charge on any atom is -0.393 e. The highest BCUT2D eigenvalue weighted by Crippen LogP contribution is 2.41. The van der Waals surface area contributed by atoms with Crippen LogP contribution in [0.4, 0.5) is 0 Å². The fourth-order valence-corrected chi connectivity index (χ4v) is 3.56. The molecule has 1 aromatic heterocycles. The Hall–Kier alpha value is -0.830. The van der Waals surface area contributed by atoms with Gasteiger partial charge in [-0.15, -0.1) is 0 Å². The van der Waals surface area contributed by atoms with Crippen molar-refractivity contribution in [3.63, 3.8) is 0 Å². The van der Waals surface area contributed by atoms with Crippen LogP contribution in [-0.4, -0.2) is 21.0 Å². The van der Waals surface area contributed by atoms with E-state index in [9.17, 15) is 5.11 Å². The van der Waals surface area contributed by atoms with E-state index < -0.39 is 0 Å². The standard InChI is InChI=1S/C17H30N2O/c1-6-19-15(9-12(2)18-19)11-13-10-14(17(3,4)5)7-8-16(13)20/h9,13-14,16,20H,6-8,10-11H2,1-5H3. The Morgan fingerprint density at radius 2 is 2.05 bits per heavy atom. The van der Waals surface area contributed by atoms with Gasteiger partial charge < -0.3 is 5.11 Å². The SMILES string of the molecule is CCn1nc(C)cc1CC1CC(C(C)(C)C)CCC1O. The van der Waals surface area contributed by atoms with Crippen LogP contribution in [0.25, 0.3) is 0 Å². The molecule has 1 heterocycles. The van der Waals surface area contributed by atoms with Crippen molar-refractivity contribution in [2.45, 2.75) is 73.0 Å². The fourth-order valence-electron chi connectivity index (χ4n) is 3.56. The van der Waals surface area contributed by atoms with Crippen LogP contribution in [0.1, 0.15) is 58.3 Å². The zero-order chi connectivity index (χ0) is 14.9. The van der Waals surface area contributed by atoms with Crippen molar-refractivity contribution >= 4 is 0 Å². The first-order valence-electron chi connectivity index (χ1n) is 8.02. The molecule has 0 saturated heterocycles. The van der Waals surface area contributed by atoms with Gasteiger partial charge in [0.1, 0.15) is 0 Å². The zero-order valence-corrected chi connectivity index (χ0v) is 13.7. The quantitative estimate of drug-likeness (QED) is 0.917. The Kier molecular flexibility index (Phi) is 4.58. The van der Waals surface area contributed by atoms with Crippen LogP contribution in [0, 0.1) is 24.2 Å². The van der Waals surface area contributed by atoms with Gasteiger partial charge in [-0.25, -0.2) is 0 Å². The summed E-state index contributed by atoms with van der Waals surface area (Å²) in [7, 11) is 0. The van der Waals surface area contributed by atoms with Crippen molar-refractivity contribution in [3.05, 3.63) is 17.5 Å². The van der Waals surface area contributed by atoms with E-state index in [-0.39, 0.29) is 6.10 Å². The highest BCUT2D eigenvalue weighted by Gasteiger charge is 2.35. The third kappa shape index (κ3) is 3.43. The van der Waals surface area contributed by atoms with Crippen LogP contribution in [-0.2, 0) is 13.0 Å². The molecule has 0 radical (unpaired) electrons. The summed E-state index contributed by atoms with van der Waals surface area (Å²) in [5, 5.41) is 14.9. The van der Waals surface area contributed by atoms with Gasteiger partial charge in [-0.3, -0.25) is 4.68 Å². The van der Waals surface area contributed by atoms with E-state index in [0.717, 1.165) is 43.8 Å². The van der Waals surface area contributed by atoms with E-state index in [1.54, 1.807) is 0 Å². The van der Waals surface area contributed by atoms with Crippen LogP contribution in [0.15, 0.2) is 6.07 Å². The lowest BCUT2D eigenvalue weighted by atomic mass is 9.67. The monoisotopic (exact) mass is 278 g/mol. The van der Waals surface area contributed by atoms with Crippen LogP contribution in [0.2, 0.25) is 0 Å². The number of aliphatic hydroxyl groups is 1. The van der Waals surface area contributed by atoms with Crippen molar-refractivity contribution in [1.29, 1.82) is 0 Å². The smallest absolute Gasteiger partial charge is 0.0596 e. The molecule has 2 rings (SSSR count). The first-order chi connectivity index (χ1) is 9.31. The summed E-state index contributed by atoms with van der Waals surface area (Å²) in [6, 6.07) is 2.18. The lowest BCUT2D eigenvalue weighted by Crippen LogP contribution is -2.36. The second kappa shape index (κ2) is 5.88. The average molecular weight is 278 g/mol. The van der Waals surface area contributed by atoms with Gasteiger partial charge in [0.2, 0.25) is 0 Å². The van der Waals surface area contributed by atoms with Crippen LogP contribution in [0.3, 0.4) is 0 Å². The van der Waals surface area contributed by atoms with Gasteiger partial charge in [0, 0.05) is 12.2 Å². The molecule has 3 atom stereocenters. The molecule has 1 aliphatic rings. The minimum atomic E-state index is -0.144. The van der Waals surface area contributed by atoms with Gasteiger partial charge in [0.15, 0.2) is 0 Å². The molecule has 1 N–H and O–H groups in total. The Labute approximate surface area is 123 Å². The van der Waals surface area contributed by atoms with Gasteiger partial charge in [-0.05, 0) is 62.8 Å². The van der Waals surface area contributed by atoms with Crippen molar-refractivity contribution in [2.24, 2.45) is 17.3 Å². The maximum atomic E-state index is 10.4. The summed E-state index contributed by atoms with van der Waals surface area (Å²) in [5.41, 5.74) is 2.71. The van der Waals surface area contributed by atoms with Gasteiger partial charge >= 0.3 is 0 Å². The summed E-state index contributed by atoms with van der Waals surface area (Å²) < 4.78 is 2.09. The second-order valence-corrected chi connectivity index (χ2v) is 7.50. The van der Waals surface area contributed by atoms with Crippen LogP contribution < -0.4 is 0 Å². The molecule has 3 heteroatoms. The van der Waals surface area contributed by atoms with Gasteiger partial charge in [-0.2, -0.15) is 5.10 Å². The van der Waals surface area contributed by atoms with Crippen molar-refractivity contribution in [1.82, 2.24) is 9.78 Å². The number of rotatable bonds is 3. The molecule has 0 aromatic carbocycles. The Bertz CT molecular complexity index is 444. The van der Waals surface area contributed by atoms with Crippen LogP contribution >= 0.6 is 0 Å². The average Bonchev–Trinajstić information content (AvgIpc) is 2.71. The topological polar surface area (TPSA) is 38.0 Å². The molecule has 1 saturated carbocycles. The molecule has 0 aliphatic heterocycles. The number of nitrogens with zero attached hydrogens (tertiary/aromatic N) is 2. The highest BCUT2D eigenvalue weighted by atomic mass is 16.3. The first-order valence-corrected chi connectivity index (χ1v) is 8.02. The Morgan fingerprint density at radius 1 is 1.35 bits per heavy atom. The van der Waals surface area contributed by atoms with E-state index in [1.165, 1.54) is 5.69 Å². The summed E-state index contributed by atoms with van der Waals surface area (Å²) in [4.78, 5) is 0. The fraction of sp³-hybridized carbons (Fsp3) is 0.824.